The standard InChI is InChI=1S/C10H12F2O2/c1-13-9-4-2-8(3-5-9)6-14-7-10(11)12/h2-5,10H,6-7H2,1H3. The molecule has 0 saturated carbocycles. The van der Waals surface area contributed by atoms with Crippen molar-refractivity contribution in [1.29, 1.82) is 0 Å². The monoisotopic (exact) mass is 202 g/mol. The van der Waals surface area contributed by atoms with Gasteiger partial charge in [0.1, 0.15) is 12.4 Å². The normalized spacial score (nSPS) is 10.6. The molecule has 0 radical (unpaired) electrons. The molecule has 0 N–H and O–H groups in total. The maximum Gasteiger partial charge on any atom is 0.261 e. The highest BCUT2D eigenvalue weighted by atomic mass is 19.3. The molecule has 0 aromatic heterocycles. The number of halogens is 2. The van der Waals surface area contributed by atoms with Gasteiger partial charge in [-0.2, -0.15) is 0 Å². The number of alkyl halides is 2. The summed E-state index contributed by atoms with van der Waals surface area (Å²) in [6.45, 7) is -0.319. The minimum Gasteiger partial charge on any atom is -0.497 e. The smallest absolute Gasteiger partial charge is 0.261 e. The van der Waals surface area contributed by atoms with Gasteiger partial charge in [-0.25, -0.2) is 8.78 Å². The van der Waals surface area contributed by atoms with E-state index in [4.69, 9.17) is 9.47 Å². The number of benzene rings is 1. The predicted molar refractivity (Wildman–Crippen MR) is 48.7 cm³/mol. The molecule has 0 unspecified atom stereocenters. The van der Waals surface area contributed by atoms with Crippen LogP contribution in [0.4, 0.5) is 8.78 Å². The van der Waals surface area contributed by atoms with E-state index in [-0.39, 0.29) is 6.61 Å². The van der Waals surface area contributed by atoms with Crippen LogP contribution in [0, 0.1) is 0 Å². The van der Waals surface area contributed by atoms with E-state index in [0.717, 1.165) is 11.3 Å². The lowest BCUT2D eigenvalue weighted by molar-refractivity contribution is 0.00987. The number of rotatable bonds is 5. The minimum atomic E-state index is -2.41. The molecule has 0 heterocycles. The average Bonchev–Trinajstić information content (AvgIpc) is 2.18. The van der Waals surface area contributed by atoms with Gasteiger partial charge < -0.3 is 9.47 Å². The average molecular weight is 202 g/mol. The molecule has 0 amide bonds. The molecule has 14 heavy (non-hydrogen) atoms. The van der Waals surface area contributed by atoms with E-state index in [0.29, 0.717) is 0 Å². The van der Waals surface area contributed by atoms with Crippen LogP contribution in [0.3, 0.4) is 0 Å². The van der Waals surface area contributed by atoms with Crippen molar-refractivity contribution in [3.05, 3.63) is 29.8 Å². The Labute approximate surface area is 81.4 Å². The van der Waals surface area contributed by atoms with E-state index < -0.39 is 13.0 Å². The highest BCUT2D eigenvalue weighted by molar-refractivity contribution is 5.26. The van der Waals surface area contributed by atoms with E-state index >= 15 is 0 Å². The van der Waals surface area contributed by atoms with Crippen molar-refractivity contribution in [2.24, 2.45) is 0 Å². The molecule has 0 fully saturated rings. The van der Waals surface area contributed by atoms with Crippen LogP contribution in [-0.4, -0.2) is 20.1 Å². The lowest BCUT2D eigenvalue weighted by Gasteiger charge is -2.04. The molecule has 0 saturated heterocycles. The molecular formula is C10H12F2O2. The summed E-state index contributed by atoms with van der Waals surface area (Å²) < 4.78 is 33.1. The fraction of sp³-hybridized carbons (Fsp3) is 0.400. The Morgan fingerprint density at radius 2 is 1.86 bits per heavy atom. The zero-order chi connectivity index (χ0) is 10.4. The maximum absolute atomic E-state index is 11.7. The summed E-state index contributed by atoms with van der Waals surface area (Å²) in [6, 6.07) is 7.09. The fourth-order valence-electron chi connectivity index (χ4n) is 0.988. The van der Waals surface area contributed by atoms with Crippen LogP contribution in [0.2, 0.25) is 0 Å². The van der Waals surface area contributed by atoms with Gasteiger partial charge in [0.25, 0.3) is 6.43 Å². The first-order valence-corrected chi connectivity index (χ1v) is 4.21. The number of methoxy groups -OCH3 is 1. The molecule has 0 atom stereocenters. The molecule has 1 aromatic rings. The van der Waals surface area contributed by atoms with E-state index in [1.165, 1.54) is 0 Å². The molecule has 1 aromatic carbocycles. The van der Waals surface area contributed by atoms with Crippen molar-refractivity contribution in [2.45, 2.75) is 13.0 Å². The largest absolute Gasteiger partial charge is 0.497 e. The topological polar surface area (TPSA) is 18.5 Å². The first-order valence-electron chi connectivity index (χ1n) is 4.21. The van der Waals surface area contributed by atoms with E-state index in [9.17, 15) is 8.78 Å². The molecule has 4 heteroatoms. The zero-order valence-corrected chi connectivity index (χ0v) is 7.87. The first-order chi connectivity index (χ1) is 6.72. The van der Waals surface area contributed by atoms with Crippen molar-refractivity contribution >= 4 is 0 Å². The Balaban J connectivity index is 2.36. The summed E-state index contributed by atoms with van der Waals surface area (Å²) in [6.07, 6.45) is -2.41. The molecule has 0 spiro atoms. The zero-order valence-electron chi connectivity index (χ0n) is 7.87. The SMILES string of the molecule is COc1ccc(COCC(F)F)cc1. The Morgan fingerprint density at radius 3 is 2.36 bits per heavy atom. The maximum atomic E-state index is 11.7. The molecule has 0 aliphatic carbocycles. The van der Waals surface area contributed by atoms with Gasteiger partial charge in [-0.3, -0.25) is 0 Å². The molecule has 78 valence electrons. The Bertz CT molecular complexity index is 259. The fourth-order valence-corrected chi connectivity index (χ4v) is 0.988. The van der Waals surface area contributed by atoms with Crippen LogP contribution in [0.15, 0.2) is 24.3 Å². The quantitative estimate of drug-likeness (QED) is 0.730. The predicted octanol–water partition coefficient (Wildman–Crippen LogP) is 2.48. The van der Waals surface area contributed by atoms with Gasteiger partial charge in [-0.1, -0.05) is 12.1 Å². The Kier molecular flexibility index (Phi) is 4.32. The summed E-state index contributed by atoms with van der Waals surface area (Å²) in [4.78, 5) is 0. The van der Waals surface area contributed by atoms with Gasteiger partial charge in [0.15, 0.2) is 0 Å². The molecule has 1 rings (SSSR count). The third-order valence-corrected chi connectivity index (χ3v) is 1.67. The van der Waals surface area contributed by atoms with Gasteiger partial charge in [0.05, 0.1) is 13.7 Å². The summed E-state index contributed by atoms with van der Waals surface area (Å²) in [5.41, 5.74) is 0.853. The third-order valence-electron chi connectivity index (χ3n) is 1.67. The Hall–Kier alpha value is -1.16. The summed E-state index contributed by atoms with van der Waals surface area (Å²) >= 11 is 0. The van der Waals surface area contributed by atoms with Gasteiger partial charge in [0, 0.05) is 0 Å². The first kappa shape index (κ1) is 10.9. The van der Waals surface area contributed by atoms with E-state index in [2.05, 4.69) is 0 Å². The lowest BCUT2D eigenvalue weighted by Crippen LogP contribution is -2.03. The van der Waals surface area contributed by atoms with Crippen molar-refractivity contribution in [3.63, 3.8) is 0 Å². The second kappa shape index (κ2) is 5.54. The van der Waals surface area contributed by atoms with Crippen molar-refractivity contribution < 1.29 is 18.3 Å². The van der Waals surface area contributed by atoms with Crippen LogP contribution in [-0.2, 0) is 11.3 Å². The van der Waals surface area contributed by atoms with Crippen LogP contribution in [0.5, 0.6) is 5.75 Å². The second-order valence-corrected chi connectivity index (χ2v) is 2.75. The summed E-state index contributed by atoms with van der Waals surface area (Å²) in [5, 5.41) is 0. The molecule has 0 aliphatic rings. The molecule has 0 aliphatic heterocycles. The van der Waals surface area contributed by atoms with E-state index in [1.54, 1.807) is 31.4 Å². The van der Waals surface area contributed by atoms with Gasteiger partial charge in [-0.15, -0.1) is 0 Å². The van der Waals surface area contributed by atoms with Crippen LogP contribution in [0.25, 0.3) is 0 Å². The van der Waals surface area contributed by atoms with Gasteiger partial charge >= 0.3 is 0 Å². The number of hydrogen-bond donors (Lipinski definition) is 0. The summed E-state index contributed by atoms with van der Waals surface area (Å²) in [5.74, 6) is 0.739. The number of hydrogen-bond acceptors (Lipinski definition) is 2. The van der Waals surface area contributed by atoms with Crippen molar-refractivity contribution in [1.82, 2.24) is 0 Å². The number of ether oxygens (including phenoxy) is 2. The van der Waals surface area contributed by atoms with Crippen molar-refractivity contribution in [3.8, 4) is 5.75 Å². The van der Waals surface area contributed by atoms with Gasteiger partial charge in [-0.05, 0) is 17.7 Å². The van der Waals surface area contributed by atoms with Crippen LogP contribution >= 0.6 is 0 Å². The molecule has 0 bridgehead atoms. The Morgan fingerprint density at radius 1 is 1.21 bits per heavy atom. The second-order valence-electron chi connectivity index (χ2n) is 2.75. The molecular weight excluding hydrogens is 190 g/mol. The highest BCUT2D eigenvalue weighted by Gasteiger charge is 2.01. The van der Waals surface area contributed by atoms with Crippen LogP contribution < -0.4 is 4.74 Å². The van der Waals surface area contributed by atoms with Gasteiger partial charge in [0.2, 0.25) is 0 Å². The molecule has 2 nitrogen and oxygen atoms in total. The van der Waals surface area contributed by atoms with Crippen molar-refractivity contribution in [2.75, 3.05) is 13.7 Å². The van der Waals surface area contributed by atoms with Crippen LogP contribution in [0.1, 0.15) is 5.56 Å². The lowest BCUT2D eigenvalue weighted by atomic mass is 10.2. The third kappa shape index (κ3) is 3.70. The summed E-state index contributed by atoms with van der Waals surface area (Å²) in [7, 11) is 1.57. The highest BCUT2D eigenvalue weighted by Crippen LogP contribution is 2.12. The van der Waals surface area contributed by atoms with E-state index in [1.807, 2.05) is 0 Å². The minimum absolute atomic E-state index is 0.203.